The molecule has 0 spiro atoms. The van der Waals surface area contributed by atoms with Gasteiger partial charge in [-0.1, -0.05) is 13.8 Å². The van der Waals surface area contributed by atoms with Crippen molar-refractivity contribution in [3.8, 4) is 0 Å². The number of carbonyl (C=O) groups is 2. The largest absolute Gasteiger partial charge is 0.348 e. The Morgan fingerprint density at radius 3 is 2.55 bits per heavy atom. The number of halogens is 1. The van der Waals surface area contributed by atoms with E-state index < -0.39 is 0 Å². The molecule has 2 rings (SSSR count). The van der Waals surface area contributed by atoms with E-state index in [1.807, 2.05) is 23.8 Å². The van der Waals surface area contributed by atoms with Gasteiger partial charge in [0.1, 0.15) is 0 Å². The maximum atomic E-state index is 12.1. The van der Waals surface area contributed by atoms with Gasteiger partial charge in [0, 0.05) is 44.5 Å². The summed E-state index contributed by atoms with van der Waals surface area (Å²) in [6, 6.07) is 0. The molecule has 22 heavy (non-hydrogen) atoms. The zero-order valence-corrected chi connectivity index (χ0v) is 13.9. The average molecular weight is 330 g/mol. The number of hydrogen-bond donors (Lipinski definition) is 2. The lowest BCUT2D eigenvalue weighted by Gasteiger charge is -2.34. The summed E-state index contributed by atoms with van der Waals surface area (Å²) in [4.78, 5) is 32.5. The minimum Gasteiger partial charge on any atom is -0.348 e. The molecule has 7 nitrogen and oxygen atoms in total. The van der Waals surface area contributed by atoms with Crippen LogP contribution in [0, 0.1) is 5.92 Å². The molecule has 0 saturated carbocycles. The van der Waals surface area contributed by atoms with Crippen LogP contribution >= 0.6 is 12.4 Å². The van der Waals surface area contributed by atoms with Crippen LogP contribution in [0.3, 0.4) is 0 Å². The van der Waals surface area contributed by atoms with Gasteiger partial charge in [0.05, 0.1) is 12.7 Å². The van der Waals surface area contributed by atoms with Crippen LogP contribution in [0.2, 0.25) is 0 Å². The van der Waals surface area contributed by atoms with E-state index in [1.54, 1.807) is 12.5 Å². The molecule has 0 atom stereocenters. The molecule has 1 aliphatic heterocycles. The van der Waals surface area contributed by atoms with Gasteiger partial charge >= 0.3 is 0 Å². The highest BCUT2D eigenvalue weighted by atomic mass is 35.5. The topological polar surface area (TPSA) is 81.3 Å². The molecular formula is C14H24ClN5O2. The van der Waals surface area contributed by atoms with E-state index in [4.69, 9.17) is 0 Å². The second-order valence-corrected chi connectivity index (χ2v) is 5.75. The maximum absolute atomic E-state index is 12.1. The van der Waals surface area contributed by atoms with Crippen LogP contribution in [-0.4, -0.2) is 57.9 Å². The summed E-state index contributed by atoms with van der Waals surface area (Å²) in [7, 11) is 0. The third-order valence-electron chi connectivity index (χ3n) is 3.41. The average Bonchev–Trinajstić information content (AvgIpc) is 2.91. The number of nitrogens with zero attached hydrogens (tertiary/aromatic N) is 3. The van der Waals surface area contributed by atoms with Crippen molar-refractivity contribution in [2.24, 2.45) is 5.92 Å². The summed E-state index contributed by atoms with van der Waals surface area (Å²) in [5.74, 6) is 0.483. The standard InChI is InChI=1S/C14H23N5O2.ClH/c1-11(2)7-13(20)17-19-5-3-18(4-6-19)14(21)8-12-9-15-10-16-12;/h9-11H,3-8H2,1-2H3,(H,15,16)(H,17,20);1H. The van der Waals surface area contributed by atoms with Crippen molar-refractivity contribution in [2.75, 3.05) is 26.2 Å². The number of amides is 2. The van der Waals surface area contributed by atoms with Crippen molar-refractivity contribution in [1.82, 2.24) is 25.3 Å². The van der Waals surface area contributed by atoms with Gasteiger partial charge in [-0.15, -0.1) is 12.4 Å². The number of rotatable bonds is 5. The highest BCUT2D eigenvalue weighted by Crippen LogP contribution is 2.05. The molecule has 124 valence electrons. The quantitative estimate of drug-likeness (QED) is 0.828. The van der Waals surface area contributed by atoms with Crippen LogP contribution in [0.15, 0.2) is 12.5 Å². The van der Waals surface area contributed by atoms with Gasteiger partial charge in [0.15, 0.2) is 0 Å². The van der Waals surface area contributed by atoms with Crippen LogP contribution in [0.5, 0.6) is 0 Å². The van der Waals surface area contributed by atoms with Gasteiger partial charge in [0.25, 0.3) is 0 Å². The number of aromatic amines is 1. The minimum absolute atomic E-state index is 0. The lowest BCUT2D eigenvalue weighted by atomic mass is 10.1. The first-order valence-corrected chi connectivity index (χ1v) is 7.34. The van der Waals surface area contributed by atoms with Crippen LogP contribution in [0.4, 0.5) is 0 Å². The van der Waals surface area contributed by atoms with Gasteiger partial charge < -0.3 is 9.88 Å². The molecule has 1 aromatic rings. The first kappa shape index (κ1) is 18.4. The smallest absolute Gasteiger partial charge is 0.234 e. The van der Waals surface area contributed by atoms with Crippen molar-refractivity contribution < 1.29 is 9.59 Å². The fourth-order valence-corrected chi connectivity index (χ4v) is 2.32. The Morgan fingerprint density at radius 2 is 2.00 bits per heavy atom. The fourth-order valence-electron chi connectivity index (χ4n) is 2.32. The summed E-state index contributed by atoms with van der Waals surface area (Å²) in [6.45, 7) is 6.64. The number of imidazole rings is 1. The van der Waals surface area contributed by atoms with Gasteiger partial charge in [-0.25, -0.2) is 9.99 Å². The van der Waals surface area contributed by atoms with Crippen LogP contribution < -0.4 is 5.43 Å². The molecule has 2 amide bonds. The lowest BCUT2D eigenvalue weighted by molar-refractivity contribution is -0.134. The molecule has 2 N–H and O–H groups in total. The highest BCUT2D eigenvalue weighted by Gasteiger charge is 2.22. The third kappa shape index (κ3) is 5.65. The predicted molar refractivity (Wildman–Crippen MR) is 85.3 cm³/mol. The molecule has 8 heteroatoms. The number of aromatic nitrogens is 2. The van der Waals surface area contributed by atoms with Gasteiger partial charge in [-0.2, -0.15) is 0 Å². The van der Waals surface area contributed by atoms with E-state index in [-0.39, 0.29) is 24.2 Å². The third-order valence-corrected chi connectivity index (χ3v) is 3.41. The lowest BCUT2D eigenvalue weighted by Crippen LogP contribution is -2.55. The van der Waals surface area contributed by atoms with E-state index in [0.717, 1.165) is 5.69 Å². The Balaban J connectivity index is 0.00000242. The summed E-state index contributed by atoms with van der Waals surface area (Å²) < 4.78 is 0. The molecule has 1 aliphatic rings. The Morgan fingerprint density at radius 1 is 1.32 bits per heavy atom. The monoisotopic (exact) mass is 329 g/mol. The first-order valence-electron chi connectivity index (χ1n) is 7.34. The van der Waals surface area contributed by atoms with Crippen molar-refractivity contribution in [1.29, 1.82) is 0 Å². The fraction of sp³-hybridized carbons (Fsp3) is 0.643. The predicted octanol–water partition coefficient (Wildman–Crippen LogP) is 0.595. The number of carbonyl (C=O) groups excluding carboxylic acids is 2. The molecule has 0 aromatic carbocycles. The van der Waals surface area contributed by atoms with E-state index in [2.05, 4.69) is 15.4 Å². The summed E-state index contributed by atoms with van der Waals surface area (Å²) in [5, 5.41) is 1.89. The van der Waals surface area contributed by atoms with Crippen molar-refractivity contribution in [3.63, 3.8) is 0 Å². The molecule has 0 radical (unpaired) electrons. The van der Waals surface area contributed by atoms with Crippen LogP contribution in [-0.2, 0) is 16.0 Å². The van der Waals surface area contributed by atoms with Gasteiger partial charge in [-0.05, 0) is 5.92 Å². The Labute approximate surface area is 136 Å². The molecule has 0 unspecified atom stereocenters. The molecule has 1 fully saturated rings. The minimum atomic E-state index is 0. The molecule has 1 aromatic heterocycles. The van der Waals surface area contributed by atoms with Crippen molar-refractivity contribution >= 4 is 24.2 Å². The zero-order valence-electron chi connectivity index (χ0n) is 13.0. The molecular weight excluding hydrogens is 306 g/mol. The number of nitrogens with one attached hydrogen (secondary N) is 2. The maximum Gasteiger partial charge on any atom is 0.234 e. The van der Waals surface area contributed by atoms with E-state index in [0.29, 0.717) is 44.9 Å². The number of hydrazine groups is 1. The Hall–Kier alpha value is -1.60. The Kier molecular flexibility index (Phi) is 7.34. The normalized spacial score (nSPS) is 15.5. The summed E-state index contributed by atoms with van der Waals surface area (Å²) in [6.07, 6.45) is 4.11. The molecule has 1 saturated heterocycles. The number of piperazine rings is 1. The van der Waals surface area contributed by atoms with Crippen LogP contribution in [0.1, 0.15) is 26.0 Å². The summed E-state index contributed by atoms with van der Waals surface area (Å²) in [5.41, 5.74) is 3.72. The van der Waals surface area contributed by atoms with Crippen molar-refractivity contribution in [3.05, 3.63) is 18.2 Å². The number of H-pyrrole nitrogens is 1. The first-order chi connectivity index (χ1) is 10.0. The van der Waals surface area contributed by atoms with Gasteiger partial charge in [-0.3, -0.25) is 15.0 Å². The van der Waals surface area contributed by atoms with Crippen LogP contribution in [0.25, 0.3) is 0 Å². The zero-order chi connectivity index (χ0) is 15.2. The SMILES string of the molecule is CC(C)CC(=O)NN1CCN(C(=O)Cc2cnc[nH]2)CC1.Cl. The highest BCUT2D eigenvalue weighted by molar-refractivity contribution is 5.85. The van der Waals surface area contributed by atoms with E-state index in [1.165, 1.54) is 0 Å². The Bertz CT molecular complexity index is 470. The van der Waals surface area contributed by atoms with Gasteiger partial charge in [0.2, 0.25) is 11.8 Å². The second kappa shape index (κ2) is 8.75. The second-order valence-electron chi connectivity index (χ2n) is 5.75. The van der Waals surface area contributed by atoms with Crippen molar-refractivity contribution in [2.45, 2.75) is 26.7 Å². The molecule has 0 aliphatic carbocycles. The molecule has 0 bridgehead atoms. The molecule has 2 heterocycles. The summed E-state index contributed by atoms with van der Waals surface area (Å²) >= 11 is 0. The van der Waals surface area contributed by atoms with E-state index in [9.17, 15) is 9.59 Å². The van der Waals surface area contributed by atoms with E-state index >= 15 is 0 Å². The number of hydrogen-bond acceptors (Lipinski definition) is 4.